The van der Waals surface area contributed by atoms with Crippen LogP contribution in [-0.4, -0.2) is 74.3 Å². The van der Waals surface area contributed by atoms with Crippen molar-refractivity contribution in [3.63, 3.8) is 0 Å². The lowest BCUT2D eigenvalue weighted by Gasteiger charge is -2.37. The van der Waals surface area contributed by atoms with Crippen LogP contribution in [0.5, 0.6) is 0 Å². The Bertz CT molecular complexity index is 1370. The van der Waals surface area contributed by atoms with Gasteiger partial charge in [0.1, 0.15) is 5.84 Å². The number of hydrogen-bond donors (Lipinski definition) is 3. The monoisotopic (exact) mass is 553 g/mol. The molecule has 0 aromatic heterocycles. The Kier molecular flexibility index (Phi) is 9.22. The number of hydrogen-bond acceptors (Lipinski definition) is 7. The fourth-order valence-electron chi connectivity index (χ4n) is 5.03. The highest BCUT2D eigenvalue weighted by Crippen LogP contribution is 2.34. The highest BCUT2D eigenvalue weighted by atomic mass is 32.2. The molecule has 0 unspecified atom stereocenters. The summed E-state index contributed by atoms with van der Waals surface area (Å²) in [5.41, 5.74) is 10.7. The molecule has 4 N–H and O–H groups in total. The molecule has 0 aliphatic carbocycles. The molecule has 9 nitrogen and oxygen atoms in total. The summed E-state index contributed by atoms with van der Waals surface area (Å²) in [6.07, 6.45) is 3.91. The minimum atomic E-state index is -3.69. The number of amides is 1. The lowest BCUT2D eigenvalue weighted by molar-refractivity contribution is -0.127. The number of sulfonamides is 1. The zero-order valence-corrected chi connectivity index (χ0v) is 23.8. The highest BCUT2D eigenvalue weighted by Gasteiger charge is 2.36. The summed E-state index contributed by atoms with van der Waals surface area (Å²) in [5, 5.41) is 12.4. The zero-order chi connectivity index (χ0) is 28.2. The van der Waals surface area contributed by atoms with E-state index in [1.54, 1.807) is 12.1 Å². The van der Waals surface area contributed by atoms with Gasteiger partial charge < -0.3 is 21.1 Å². The highest BCUT2D eigenvalue weighted by molar-refractivity contribution is 7.89. The molecule has 10 heteroatoms. The molecule has 2 aromatic rings. The van der Waals surface area contributed by atoms with E-state index in [9.17, 15) is 18.3 Å². The second kappa shape index (κ2) is 12.4. The quantitative estimate of drug-likeness (QED) is 0.392. The Balaban J connectivity index is 1.71. The first-order valence-electron chi connectivity index (χ1n) is 13.6. The number of nitrogens with two attached hydrogens (primary N) is 1. The van der Waals surface area contributed by atoms with Gasteiger partial charge >= 0.3 is 0 Å². The van der Waals surface area contributed by atoms with Crippen molar-refractivity contribution in [3.8, 4) is 11.1 Å². The fourth-order valence-corrected chi connectivity index (χ4v) is 6.72. The molecule has 2 aliphatic heterocycles. The normalized spacial score (nSPS) is 16.1. The number of amidine groups is 1. The van der Waals surface area contributed by atoms with E-state index in [2.05, 4.69) is 24.2 Å². The van der Waals surface area contributed by atoms with Crippen LogP contribution in [0.4, 0.5) is 5.69 Å². The summed E-state index contributed by atoms with van der Waals surface area (Å²) in [7, 11) is -1.87. The zero-order valence-electron chi connectivity index (χ0n) is 23.0. The molecule has 1 fully saturated rings. The minimum absolute atomic E-state index is 0.0159. The topological polar surface area (TPSA) is 128 Å². The van der Waals surface area contributed by atoms with Gasteiger partial charge in [-0.2, -0.15) is 4.31 Å². The summed E-state index contributed by atoms with van der Waals surface area (Å²) in [4.78, 5) is 20.0. The third-order valence-corrected chi connectivity index (χ3v) is 8.85. The minimum Gasteiger partial charge on any atom is -0.396 e. The molecular weight excluding hydrogens is 514 g/mol. The average Bonchev–Trinajstić information content (AvgIpc) is 3.04. The second-order valence-corrected chi connectivity index (χ2v) is 12.2. The van der Waals surface area contributed by atoms with E-state index < -0.39 is 10.0 Å². The largest absolute Gasteiger partial charge is 0.396 e. The summed E-state index contributed by atoms with van der Waals surface area (Å²) < 4.78 is 28.1. The number of nitrogens with zero attached hydrogens (tertiary/aromatic N) is 3. The molecule has 2 aliphatic rings. The van der Waals surface area contributed by atoms with E-state index in [1.165, 1.54) is 4.31 Å². The fraction of sp³-hybridized carbons (Fsp3) is 0.448. The van der Waals surface area contributed by atoms with Crippen molar-refractivity contribution in [2.24, 2.45) is 16.6 Å². The van der Waals surface area contributed by atoms with Gasteiger partial charge in [0.2, 0.25) is 15.9 Å². The molecular formula is C29H39N5O4S. The van der Waals surface area contributed by atoms with E-state index >= 15 is 0 Å². The Morgan fingerprint density at radius 1 is 1.13 bits per heavy atom. The maximum atomic E-state index is 13.3. The lowest BCUT2D eigenvalue weighted by atomic mass is 9.99. The van der Waals surface area contributed by atoms with Crippen molar-refractivity contribution < 1.29 is 18.3 Å². The third kappa shape index (κ3) is 6.41. The number of rotatable bonds is 11. The van der Waals surface area contributed by atoms with Crippen LogP contribution in [0.15, 0.2) is 51.9 Å². The van der Waals surface area contributed by atoms with Gasteiger partial charge in [-0.15, -0.1) is 0 Å². The summed E-state index contributed by atoms with van der Waals surface area (Å²) in [6, 6.07) is 11.1. The van der Waals surface area contributed by atoms with Crippen LogP contribution >= 0.6 is 0 Å². The predicted molar refractivity (Wildman–Crippen MR) is 155 cm³/mol. The summed E-state index contributed by atoms with van der Waals surface area (Å²) in [6.45, 7) is 6.62. The molecule has 2 heterocycles. The van der Waals surface area contributed by atoms with E-state index in [4.69, 9.17) is 5.73 Å². The number of carbonyl (C=O) groups is 1. The maximum Gasteiger partial charge on any atom is 0.250 e. The number of aliphatic hydroxyl groups excluding tert-OH is 1. The summed E-state index contributed by atoms with van der Waals surface area (Å²) >= 11 is 0. The summed E-state index contributed by atoms with van der Waals surface area (Å²) in [5.74, 6) is 0.327. The molecule has 1 saturated heterocycles. The molecule has 1 amide bonds. The predicted octanol–water partition coefficient (Wildman–Crippen LogP) is 3.11. The molecule has 0 spiro atoms. The van der Waals surface area contributed by atoms with Crippen LogP contribution in [0.3, 0.4) is 0 Å². The van der Waals surface area contributed by atoms with E-state index in [0.29, 0.717) is 49.8 Å². The Labute approximate surface area is 231 Å². The van der Waals surface area contributed by atoms with Crippen molar-refractivity contribution in [1.29, 1.82) is 0 Å². The molecule has 0 saturated carbocycles. The van der Waals surface area contributed by atoms with Crippen LogP contribution in [0.2, 0.25) is 0 Å². The van der Waals surface area contributed by atoms with Crippen molar-refractivity contribution in [1.82, 2.24) is 14.5 Å². The van der Waals surface area contributed by atoms with E-state index in [1.807, 2.05) is 42.3 Å². The maximum absolute atomic E-state index is 13.3. The first-order valence-corrected chi connectivity index (χ1v) is 15.0. The standard InChI is InChI=1S/C29H39N5O4S/c1-4-8-33(9-5-2)29(36)25-12-23-7-6-22(14-27(23)32-28(30)15-25)24-10-20(16-31-3)11-26(13-24)39(37,38)34-17-21(18-34)19-35/h6-7,10-14,21,31,35H,4-5,8-9,15-19H2,1-3H3,(H2,30,32). The average molecular weight is 554 g/mol. The van der Waals surface area contributed by atoms with Crippen molar-refractivity contribution in [2.45, 2.75) is 44.6 Å². The molecule has 0 atom stereocenters. The van der Waals surface area contributed by atoms with Crippen LogP contribution in [-0.2, 0) is 21.4 Å². The number of aliphatic hydroxyl groups is 1. The SMILES string of the molecule is CCCN(CCC)C(=O)C1=Cc2ccc(-c3cc(CNC)cc(S(=O)(=O)N4CC(CO)C4)c3)cc2N=C(N)C1. The number of fused-ring (bicyclic) bond motifs is 1. The Morgan fingerprint density at radius 2 is 1.85 bits per heavy atom. The number of benzene rings is 2. The van der Waals surface area contributed by atoms with Gasteiger partial charge in [-0.3, -0.25) is 4.79 Å². The van der Waals surface area contributed by atoms with Gasteiger partial charge in [0.05, 0.1) is 10.6 Å². The molecule has 2 aromatic carbocycles. The first kappa shape index (κ1) is 28.9. The molecule has 0 bridgehead atoms. The smallest absolute Gasteiger partial charge is 0.250 e. The molecule has 39 heavy (non-hydrogen) atoms. The molecule has 4 rings (SSSR count). The van der Waals surface area contributed by atoms with Gasteiger partial charge in [-0.25, -0.2) is 13.4 Å². The molecule has 210 valence electrons. The Morgan fingerprint density at radius 3 is 2.49 bits per heavy atom. The number of carbonyl (C=O) groups excluding carboxylic acids is 1. The van der Waals surface area contributed by atoms with Gasteiger partial charge in [0, 0.05) is 62.8 Å². The van der Waals surface area contributed by atoms with Crippen LogP contribution in [0.1, 0.15) is 44.2 Å². The first-order chi connectivity index (χ1) is 18.7. The van der Waals surface area contributed by atoms with Crippen molar-refractivity contribution in [2.75, 3.05) is 39.8 Å². The second-order valence-electron chi connectivity index (χ2n) is 10.3. The van der Waals surface area contributed by atoms with Crippen LogP contribution in [0, 0.1) is 5.92 Å². The van der Waals surface area contributed by atoms with Gasteiger partial charge in [-0.1, -0.05) is 26.0 Å². The van der Waals surface area contributed by atoms with Crippen LogP contribution < -0.4 is 11.1 Å². The number of aliphatic imine (C=N–C) groups is 1. The third-order valence-electron chi connectivity index (χ3n) is 7.04. The lowest BCUT2D eigenvalue weighted by Crippen LogP contribution is -2.51. The van der Waals surface area contributed by atoms with Gasteiger partial charge in [0.25, 0.3) is 0 Å². The van der Waals surface area contributed by atoms with Crippen molar-refractivity contribution >= 4 is 33.5 Å². The Hall–Kier alpha value is -3.05. The van der Waals surface area contributed by atoms with Crippen molar-refractivity contribution in [3.05, 3.63) is 53.1 Å². The number of nitrogens with one attached hydrogen (secondary N) is 1. The van der Waals surface area contributed by atoms with Gasteiger partial charge in [0.15, 0.2) is 0 Å². The van der Waals surface area contributed by atoms with E-state index in [-0.39, 0.29) is 29.7 Å². The van der Waals surface area contributed by atoms with Crippen LogP contribution in [0.25, 0.3) is 17.2 Å². The van der Waals surface area contributed by atoms with Gasteiger partial charge in [-0.05, 0) is 66.9 Å². The molecule has 0 radical (unpaired) electrons. The van der Waals surface area contributed by atoms with E-state index in [0.717, 1.165) is 35.1 Å².